The molecule has 0 bridgehead atoms. The summed E-state index contributed by atoms with van der Waals surface area (Å²) in [6, 6.07) is -2.63. The molecule has 0 aromatic carbocycles. The summed E-state index contributed by atoms with van der Waals surface area (Å²) < 4.78 is 33.4. The second-order valence-corrected chi connectivity index (χ2v) is 10.8. The molecule has 5 rings (SSSR count). The van der Waals surface area contributed by atoms with Crippen LogP contribution >= 0.6 is 11.8 Å². The highest BCUT2D eigenvalue weighted by Gasteiger charge is 2.56. The molecule has 3 atom stereocenters. The van der Waals surface area contributed by atoms with E-state index in [9.17, 15) is 32.5 Å². The van der Waals surface area contributed by atoms with Crippen LogP contribution in [0.1, 0.15) is 24.2 Å². The van der Waals surface area contributed by atoms with E-state index < -0.39 is 51.3 Å². The topological polar surface area (TPSA) is 243 Å². The lowest BCUT2D eigenvalue weighted by atomic mass is 9.98. The number of aliphatic carboxylic acids is 1. The Bertz CT molecular complexity index is 1280. The number of hydrogen-bond donors (Lipinski definition) is 6. The van der Waals surface area contributed by atoms with Crippen molar-refractivity contribution in [3.8, 4) is 0 Å². The van der Waals surface area contributed by atoms with Crippen molar-refractivity contribution in [3.63, 3.8) is 0 Å². The molecule has 2 fully saturated rings. The van der Waals surface area contributed by atoms with Gasteiger partial charge in [-0.1, -0.05) is 16.9 Å². The molecule has 1 aliphatic carbocycles. The third-order valence-electron chi connectivity index (χ3n) is 5.95. The standard InChI is InChI=1S/C17H21N9O8S2/c18-16-20-9(6-35-16)11(24-34-17(1-2-17)15(29)30)13(27)21-12-10(26(14(12)28)36(31,32)33)5-25-22-7-3-19-4-8(7)23-25/h6,10,12,16,19-20H,1-5,18H2,(H,21,27)(H,29,30)(H,31,32,33)/b24-11-. The van der Waals surface area contributed by atoms with Crippen LogP contribution in [0.25, 0.3) is 0 Å². The first-order valence-electron chi connectivity index (χ1n) is 10.6. The lowest BCUT2D eigenvalue weighted by molar-refractivity contribution is -0.153. The number of amides is 2. The highest BCUT2D eigenvalue weighted by Crippen LogP contribution is 2.40. The quantitative estimate of drug-likeness (QED) is 0.0777. The van der Waals surface area contributed by atoms with Crippen LogP contribution in [0.5, 0.6) is 0 Å². The molecule has 19 heteroatoms. The van der Waals surface area contributed by atoms with E-state index in [2.05, 4.69) is 31.3 Å². The van der Waals surface area contributed by atoms with E-state index >= 15 is 0 Å². The monoisotopic (exact) mass is 543 g/mol. The summed E-state index contributed by atoms with van der Waals surface area (Å²) in [5.41, 5.74) is 4.67. The minimum Gasteiger partial charge on any atom is -0.478 e. The lowest BCUT2D eigenvalue weighted by Gasteiger charge is -2.43. The molecule has 2 amide bonds. The van der Waals surface area contributed by atoms with Gasteiger partial charge in [0.05, 0.1) is 12.2 Å². The summed E-state index contributed by atoms with van der Waals surface area (Å²) in [6.07, 6.45) is 0.398. The van der Waals surface area contributed by atoms with Gasteiger partial charge in [0.15, 0.2) is 5.71 Å². The Labute approximate surface area is 207 Å². The zero-order valence-electron chi connectivity index (χ0n) is 18.3. The van der Waals surface area contributed by atoms with Gasteiger partial charge in [-0.3, -0.25) is 14.1 Å². The van der Waals surface area contributed by atoms with Gasteiger partial charge >= 0.3 is 16.3 Å². The average Bonchev–Trinajstić information content (AvgIpc) is 3.06. The number of β-lactam (4-membered cyclic amide) rings is 1. The van der Waals surface area contributed by atoms with E-state index in [1.54, 1.807) is 0 Å². The second kappa shape index (κ2) is 8.69. The van der Waals surface area contributed by atoms with E-state index in [1.807, 2.05) is 0 Å². The first kappa shape index (κ1) is 24.4. The molecule has 0 radical (unpaired) electrons. The number of rotatable bonds is 9. The average molecular weight is 544 g/mol. The maximum atomic E-state index is 13.1. The van der Waals surface area contributed by atoms with Crippen molar-refractivity contribution in [1.82, 2.24) is 35.2 Å². The third-order valence-corrected chi connectivity index (χ3v) is 7.68. The largest absolute Gasteiger partial charge is 0.478 e. The highest BCUT2D eigenvalue weighted by atomic mass is 32.2. The molecule has 1 aromatic rings. The van der Waals surface area contributed by atoms with Crippen LogP contribution < -0.4 is 21.7 Å². The molecule has 7 N–H and O–H groups in total. The molecule has 4 aliphatic rings. The number of fused-ring (bicyclic) bond motifs is 1. The molecule has 0 spiro atoms. The number of hydrogen-bond acceptors (Lipinski definition) is 13. The Morgan fingerprint density at radius 3 is 2.53 bits per heavy atom. The number of carbonyl (C=O) groups excluding carboxylic acids is 2. The SMILES string of the molecule is NC1NC(/C(=N/OC2(C(=O)O)CC2)C(=O)NC2C(=O)N(S(=O)(=O)O)C2Cn2nc3c(n2)CNC3)=CS1. The van der Waals surface area contributed by atoms with Gasteiger partial charge in [-0.15, -0.1) is 0 Å². The summed E-state index contributed by atoms with van der Waals surface area (Å²) in [5, 5.41) is 31.2. The van der Waals surface area contributed by atoms with Crippen LogP contribution in [0.3, 0.4) is 0 Å². The van der Waals surface area contributed by atoms with Crippen LogP contribution in [-0.4, -0.2) is 84.1 Å². The minimum absolute atomic E-state index is 0.124. The normalized spacial score (nSPS) is 26.6. The highest BCUT2D eigenvalue weighted by molar-refractivity contribution is 8.02. The van der Waals surface area contributed by atoms with E-state index in [1.165, 1.54) is 10.2 Å². The maximum Gasteiger partial charge on any atom is 0.362 e. The molecule has 194 valence electrons. The number of nitrogens with zero attached hydrogens (tertiary/aromatic N) is 5. The van der Waals surface area contributed by atoms with Crippen molar-refractivity contribution < 1.29 is 37.3 Å². The van der Waals surface area contributed by atoms with Gasteiger partial charge < -0.3 is 31.6 Å². The van der Waals surface area contributed by atoms with Crippen molar-refractivity contribution in [2.24, 2.45) is 10.9 Å². The van der Waals surface area contributed by atoms with E-state index in [0.29, 0.717) is 24.5 Å². The fraction of sp³-hybridized carbons (Fsp3) is 0.529. The molecular weight excluding hydrogens is 522 g/mol. The van der Waals surface area contributed by atoms with Gasteiger partial charge in [0.2, 0.25) is 5.60 Å². The first-order chi connectivity index (χ1) is 17.0. The molecule has 3 unspecified atom stereocenters. The predicted octanol–water partition coefficient (Wildman–Crippen LogP) is -3.21. The molecule has 4 heterocycles. The number of carboxylic acids is 1. The minimum atomic E-state index is -4.93. The Balaban J connectivity index is 1.37. The smallest absolute Gasteiger partial charge is 0.362 e. The van der Waals surface area contributed by atoms with Crippen LogP contribution in [-0.2, 0) is 49.2 Å². The summed E-state index contributed by atoms with van der Waals surface area (Å²) >= 11 is 1.12. The van der Waals surface area contributed by atoms with E-state index in [0.717, 1.165) is 11.8 Å². The van der Waals surface area contributed by atoms with Crippen LogP contribution in [0.4, 0.5) is 0 Å². The Hall–Kier alpha value is -3.26. The molecule has 36 heavy (non-hydrogen) atoms. The Morgan fingerprint density at radius 2 is 2.00 bits per heavy atom. The summed E-state index contributed by atoms with van der Waals surface area (Å²) in [5.74, 6) is -3.28. The fourth-order valence-electron chi connectivity index (χ4n) is 3.88. The first-order valence-corrected chi connectivity index (χ1v) is 13.0. The van der Waals surface area contributed by atoms with Crippen molar-refractivity contribution in [3.05, 3.63) is 22.5 Å². The molecular formula is C17H21N9O8S2. The zero-order valence-corrected chi connectivity index (χ0v) is 20.0. The lowest BCUT2D eigenvalue weighted by Crippen LogP contribution is -2.73. The summed E-state index contributed by atoms with van der Waals surface area (Å²) in [7, 11) is -4.93. The second-order valence-electron chi connectivity index (χ2n) is 8.45. The number of oxime groups is 1. The van der Waals surface area contributed by atoms with Crippen LogP contribution in [0, 0.1) is 0 Å². The Morgan fingerprint density at radius 1 is 1.33 bits per heavy atom. The molecule has 1 saturated carbocycles. The zero-order chi connectivity index (χ0) is 25.8. The number of carbonyl (C=O) groups is 3. The van der Waals surface area contributed by atoms with E-state index in [-0.39, 0.29) is 35.1 Å². The summed E-state index contributed by atoms with van der Waals surface area (Å²) in [4.78, 5) is 43.5. The van der Waals surface area contributed by atoms with Gasteiger partial charge in [0.1, 0.15) is 29.0 Å². The van der Waals surface area contributed by atoms with Gasteiger partial charge in [-0.05, 0) is 0 Å². The maximum absolute atomic E-state index is 13.1. The number of nitrogens with two attached hydrogens (primary N) is 1. The fourth-order valence-corrected chi connectivity index (χ4v) is 5.41. The van der Waals surface area contributed by atoms with Gasteiger partial charge in [0.25, 0.3) is 11.8 Å². The molecule has 1 aromatic heterocycles. The van der Waals surface area contributed by atoms with Crippen LogP contribution in [0.2, 0.25) is 0 Å². The van der Waals surface area contributed by atoms with Crippen molar-refractivity contribution in [1.29, 1.82) is 0 Å². The van der Waals surface area contributed by atoms with Crippen molar-refractivity contribution in [2.45, 2.75) is 55.7 Å². The van der Waals surface area contributed by atoms with Gasteiger partial charge in [-0.2, -0.15) is 23.4 Å². The number of nitrogens with one attached hydrogen (secondary N) is 3. The van der Waals surface area contributed by atoms with E-state index in [4.69, 9.17) is 10.6 Å². The van der Waals surface area contributed by atoms with Crippen molar-refractivity contribution >= 4 is 45.6 Å². The summed E-state index contributed by atoms with van der Waals surface area (Å²) in [6.45, 7) is 0.707. The number of carboxylic acid groups (broad SMARTS) is 1. The molecule has 1 saturated heterocycles. The Kier molecular flexibility index (Phi) is 5.90. The van der Waals surface area contributed by atoms with Crippen LogP contribution in [0.15, 0.2) is 16.3 Å². The van der Waals surface area contributed by atoms with Gasteiger partial charge in [0, 0.05) is 31.3 Å². The molecule has 3 aliphatic heterocycles. The third kappa shape index (κ3) is 4.39. The van der Waals surface area contributed by atoms with Crippen molar-refractivity contribution in [2.75, 3.05) is 0 Å². The number of aromatic nitrogens is 3. The van der Waals surface area contributed by atoms with Gasteiger partial charge in [-0.25, -0.2) is 9.10 Å². The molecule has 17 nitrogen and oxygen atoms in total. The predicted molar refractivity (Wildman–Crippen MR) is 120 cm³/mol. The number of thioether (sulfide) groups is 1.